The van der Waals surface area contributed by atoms with Gasteiger partial charge in [0.2, 0.25) is 5.91 Å². The molecule has 0 aromatic heterocycles. The number of thioether (sulfide) groups is 1. The summed E-state index contributed by atoms with van der Waals surface area (Å²) in [7, 11) is 1.90. The molecule has 1 unspecified atom stereocenters. The molecule has 0 spiro atoms. The second kappa shape index (κ2) is 8.39. The van der Waals surface area contributed by atoms with E-state index in [2.05, 4.69) is 27.3 Å². The summed E-state index contributed by atoms with van der Waals surface area (Å²) in [4.78, 5) is 14.9. The van der Waals surface area contributed by atoms with Gasteiger partial charge >= 0.3 is 0 Å². The van der Waals surface area contributed by atoms with E-state index in [1.807, 2.05) is 14.0 Å². The van der Waals surface area contributed by atoms with E-state index in [1.165, 1.54) is 56.7 Å². The van der Waals surface area contributed by atoms with E-state index < -0.39 is 0 Å². The van der Waals surface area contributed by atoms with Crippen molar-refractivity contribution >= 4 is 17.7 Å². The van der Waals surface area contributed by atoms with E-state index in [9.17, 15) is 4.79 Å². The minimum absolute atomic E-state index is 0.0487. The summed E-state index contributed by atoms with van der Waals surface area (Å²) in [5.41, 5.74) is 0.230. The summed E-state index contributed by atoms with van der Waals surface area (Å²) in [6, 6.07) is 0. The van der Waals surface area contributed by atoms with Crippen LogP contribution in [0.1, 0.15) is 39.0 Å². The molecule has 0 aromatic rings. The van der Waals surface area contributed by atoms with Crippen molar-refractivity contribution in [3.8, 4) is 0 Å². The van der Waals surface area contributed by atoms with Gasteiger partial charge in [0.05, 0.1) is 0 Å². The fraction of sp³-hybridized carbons (Fsp3) is 0.938. The molecule has 1 heterocycles. The van der Waals surface area contributed by atoms with Crippen LogP contribution in [0.3, 0.4) is 0 Å². The zero-order valence-electron chi connectivity index (χ0n) is 13.6. The Labute approximate surface area is 133 Å². The van der Waals surface area contributed by atoms with Gasteiger partial charge < -0.3 is 10.6 Å². The van der Waals surface area contributed by atoms with Gasteiger partial charge in [0.1, 0.15) is 0 Å². The van der Waals surface area contributed by atoms with Crippen LogP contribution in [0.4, 0.5) is 0 Å². The van der Waals surface area contributed by atoms with Gasteiger partial charge in [-0.15, -0.1) is 0 Å². The Morgan fingerprint density at radius 3 is 2.52 bits per heavy atom. The first-order chi connectivity index (χ1) is 10.2. The van der Waals surface area contributed by atoms with Crippen molar-refractivity contribution in [2.45, 2.75) is 44.6 Å². The van der Waals surface area contributed by atoms with Crippen LogP contribution in [0.5, 0.6) is 0 Å². The van der Waals surface area contributed by atoms with Crippen LogP contribution in [0, 0.1) is 5.92 Å². The van der Waals surface area contributed by atoms with Gasteiger partial charge in [-0.25, -0.2) is 0 Å². The number of hydrogen-bond donors (Lipinski definition) is 2. The average molecular weight is 314 g/mol. The zero-order chi connectivity index (χ0) is 15.1. The molecule has 1 saturated heterocycles. The minimum Gasteiger partial charge on any atom is -0.354 e. The van der Waals surface area contributed by atoms with E-state index in [0.29, 0.717) is 0 Å². The van der Waals surface area contributed by atoms with Gasteiger partial charge in [-0.1, -0.05) is 26.2 Å². The van der Waals surface area contributed by atoms with Gasteiger partial charge in [0, 0.05) is 49.1 Å². The van der Waals surface area contributed by atoms with Gasteiger partial charge in [-0.3, -0.25) is 9.69 Å². The van der Waals surface area contributed by atoms with Gasteiger partial charge in [-0.05, 0) is 19.9 Å². The number of nitrogens with one attached hydrogen (secondary N) is 2. The predicted molar refractivity (Wildman–Crippen MR) is 90.8 cm³/mol. The number of rotatable bonds is 6. The van der Waals surface area contributed by atoms with E-state index in [-0.39, 0.29) is 17.4 Å². The van der Waals surface area contributed by atoms with E-state index in [0.717, 1.165) is 13.1 Å². The first-order valence-electron chi connectivity index (χ1n) is 8.43. The second-order valence-electron chi connectivity index (χ2n) is 6.56. The maximum atomic E-state index is 12.2. The summed E-state index contributed by atoms with van der Waals surface area (Å²) in [6.45, 7) is 5.96. The maximum absolute atomic E-state index is 12.2. The lowest BCUT2D eigenvalue weighted by molar-refractivity contribution is -0.125. The molecule has 1 amide bonds. The van der Waals surface area contributed by atoms with E-state index in [1.54, 1.807) is 0 Å². The van der Waals surface area contributed by atoms with Crippen molar-refractivity contribution < 1.29 is 4.79 Å². The molecule has 0 aromatic carbocycles. The third-order valence-electron chi connectivity index (χ3n) is 5.02. The van der Waals surface area contributed by atoms with Crippen molar-refractivity contribution in [3.63, 3.8) is 0 Å². The highest BCUT2D eigenvalue weighted by Gasteiger charge is 2.38. The number of carbonyl (C=O) groups excluding carboxylic acids is 1. The first kappa shape index (κ1) is 17.1. The van der Waals surface area contributed by atoms with E-state index in [4.69, 9.17) is 0 Å². The third-order valence-corrected chi connectivity index (χ3v) is 5.96. The Morgan fingerprint density at radius 1 is 1.24 bits per heavy atom. The summed E-state index contributed by atoms with van der Waals surface area (Å²) in [5.74, 6) is 2.73. The number of carbonyl (C=O) groups is 1. The molecule has 21 heavy (non-hydrogen) atoms. The molecule has 1 aliphatic heterocycles. The molecule has 1 atom stereocenters. The number of hydrogen-bond acceptors (Lipinski definition) is 4. The topological polar surface area (TPSA) is 44.4 Å². The predicted octanol–water partition coefficient (Wildman–Crippen LogP) is 1.71. The summed E-state index contributed by atoms with van der Waals surface area (Å²) in [6.07, 6.45) is 6.47. The molecule has 4 nitrogen and oxygen atoms in total. The van der Waals surface area contributed by atoms with Gasteiger partial charge in [0.25, 0.3) is 0 Å². The first-order valence-corrected chi connectivity index (χ1v) is 9.58. The molecule has 5 heteroatoms. The largest absolute Gasteiger partial charge is 0.354 e. The molecule has 0 bridgehead atoms. The van der Waals surface area contributed by atoms with Crippen molar-refractivity contribution in [1.29, 1.82) is 0 Å². The molecule has 2 aliphatic rings. The Morgan fingerprint density at radius 2 is 1.90 bits per heavy atom. The van der Waals surface area contributed by atoms with Crippen molar-refractivity contribution in [1.82, 2.24) is 15.5 Å². The van der Waals surface area contributed by atoms with Crippen LogP contribution in [0.25, 0.3) is 0 Å². The third kappa shape index (κ3) is 4.60. The van der Waals surface area contributed by atoms with Crippen LogP contribution in [-0.4, -0.2) is 61.1 Å². The Balaban J connectivity index is 1.94. The highest BCUT2D eigenvalue weighted by molar-refractivity contribution is 7.99. The summed E-state index contributed by atoms with van der Waals surface area (Å²) in [5, 5.41) is 6.33. The van der Waals surface area contributed by atoms with Crippen LogP contribution < -0.4 is 10.6 Å². The van der Waals surface area contributed by atoms with Crippen LogP contribution in [0.2, 0.25) is 0 Å². The van der Waals surface area contributed by atoms with Gasteiger partial charge in [-0.2, -0.15) is 11.8 Å². The standard InChI is InChI=1S/C16H31N3OS/c1-14(12-17-2)15(20)18-13-16(6-4-3-5-7-16)19-8-10-21-11-9-19/h14,17H,3-13H2,1-2H3,(H,18,20). The van der Waals surface area contributed by atoms with Crippen molar-refractivity contribution in [2.24, 2.45) is 5.92 Å². The SMILES string of the molecule is CNCC(C)C(=O)NCC1(N2CCSCC2)CCCCC1. The molecule has 122 valence electrons. The number of nitrogens with zero attached hydrogens (tertiary/aromatic N) is 1. The zero-order valence-corrected chi connectivity index (χ0v) is 14.4. The second-order valence-corrected chi connectivity index (χ2v) is 7.79. The lowest BCUT2D eigenvalue weighted by atomic mass is 9.80. The fourth-order valence-corrected chi connectivity index (χ4v) is 4.58. The minimum atomic E-state index is 0.0487. The Hall–Kier alpha value is -0.260. The Bertz CT molecular complexity index is 325. The molecule has 2 N–H and O–H groups in total. The van der Waals surface area contributed by atoms with Crippen LogP contribution in [0.15, 0.2) is 0 Å². The highest BCUT2D eigenvalue weighted by atomic mass is 32.2. The number of amides is 1. The highest BCUT2D eigenvalue weighted by Crippen LogP contribution is 2.34. The summed E-state index contributed by atoms with van der Waals surface area (Å²) >= 11 is 2.06. The van der Waals surface area contributed by atoms with Crippen molar-refractivity contribution in [2.75, 3.05) is 44.7 Å². The normalized spacial score (nSPS) is 24.5. The lowest BCUT2D eigenvalue weighted by Gasteiger charge is -2.48. The average Bonchev–Trinajstić information content (AvgIpc) is 2.54. The van der Waals surface area contributed by atoms with Gasteiger partial charge in [0.15, 0.2) is 0 Å². The van der Waals surface area contributed by atoms with Crippen LogP contribution in [-0.2, 0) is 4.79 Å². The monoisotopic (exact) mass is 313 g/mol. The Kier molecular flexibility index (Phi) is 6.83. The van der Waals surface area contributed by atoms with Crippen LogP contribution >= 0.6 is 11.8 Å². The van der Waals surface area contributed by atoms with Crippen molar-refractivity contribution in [3.05, 3.63) is 0 Å². The molecule has 1 saturated carbocycles. The molecule has 0 radical (unpaired) electrons. The van der Waals surface area contributed by atoms with E-state index >= 15 is 0 Å². The fourth-order valence-electron chi connectivity index (χ4n) is 3.68. The summed E-state index contributed by atoms with van der Waals surface area (Å²) < 4.78 is 0. The molecular weight excluding hydrogens is 282 g/mol. The lowest BCUT2D eigenvalue weighted by Crippen LogP contribution is -2.59. The molecule has 2 rings (SSSR count). The molecular formula is C16H31N3OS. The molecule has 2 fully saturated rings. The molecule has 1 aliphatic carbocycles. The smallest absolute Gasteiger partial charge is 0.224 e. The quantitative estimate of drug-likeness (QED) is 0.783. The maximum Gasteiger partial charge on any atom is 0.224 e.